The molecule has 2 N–H and O–H groups in total. The zero-order valence-electron chi connectivity index (χ0n) is 9.49. The third-order valence-electron chi connectivity index (χ3n) is 2.92. The number of halogens is 1. The minimum absolute atomic E-state index is 0. The number of carbonyl (C=O) groups excluding carboxylic acids is 1. The summed E-state index contributed by atoms with van der Waals surface area (Å²) in [5.74, 6) is 1.21. The van der Waals surface area contributed by atoms with Gasteiger partial charge in [-0.05, 0) is 24.6 Å². The summed E-state index contributed by atoms with van der Waals surface area (Å²) in [5.41, 5.74) is 5.85. The van der Waals surface area contributed by atoms with E-state index in [0.717, 1.165) is 25.3 Å². The number of hydrogen-bond acceptors (Lipinski definition) is 3. The molecular weight excluding hydrogens is 232 g/mol. The van der Waals surface area contributed by atoms with Gasteiger partial charge in [-0.15, -0.1) is 12.4 Å². The third kappa shape index (κ3) is 4.21. The summed E-state index contributed by atoms with van der Waals surface area (Å²) in [7, 11) is 0. The average molecular weight is 253 g/mol. The summed E-state index contributed by atoms with van der Waals surface area (Å²) in [4.78, 5) is 13.6. The van der Waals surface area contributed by atoms with Gasteiger partial charge in [0.2, 0.25) is 5.91 Å². The van der Waals surface area contributed by atoms with Crippen LogP contribution >= 0.6 is 24.2 Å². The molecule has 1 atom stereocenters. The van der Waals surface area contributed by atoms with Gasteiger partial charge in [-0.1, -0.05) is 6.92 Å². The molecule has 1 fully saturated rings. The van der Waals surface area contributed by atoms with Crippen LogP contribution in [0.3, 0.4) is 0 Å². The number of thioether (sulfide) groups is 1. The first-order chi connectivity index (χ1) is 6.61. The molecule has 0 spiro atoms. The fourth-order valence-electron chi connectivity index (χ4n) is 1.75. The monoisotopic (exact) mass is 252 g/mol. The summed E-state index contributed by atoms with van der Waals surface area (Å²) in [6.07, 6.45) is 3.75. The van der Waals surface area contributed by atoms with Crippen LogP contribution in [0.15, 0.2) is 0 Å². The molecular formula is C10H21ClN2OS. The van der Waals surface area contributed by atoms with E-state index in [1.807, 2.05) is 11.2 Å². The summed E-state index contributed by atoms with van der Waals surface area (Å²) in [6.45, 7) is 4.58. The quantitative estimate of drug-likeness (QED) is 0.822. The molecule has 0 saturated carbocycles. The Morgan fingerprint density at radius 2 is 2.27 bits per heavy atom. The molecule has 5 heteroatoms. The van der Waals surface area contributed by atoms with Gasteiger partial charge in [-0.3, -0.25) is 4.79 Å². The Balaban J connectivity index is 0.00000196. The number of rotatable bonds is 4. The van der Waals surface area contributed by atoms with Crippen LogP contribution in [0.2, 0.25) is 0 Å². The van der Waals surface area contributed by atoms with Gasteiger partial charge < -0.3 is 10.6 Å². The summed E-state index contributed by atoms with van der Waals surface area (Å²) < 4.78 is 0. The highest BCUT2D eigenvalue weighted by Gasteiger charge is 2.34. The first kappa shape index (κ1) is 15.1. The summed E-state index contributed by atoms with van der Waals surface area (Å²) >= 11 is 1.72. The van der Waals surface area contributed by atoms with Crippen molar-refractivity contribution in [1.29, 1.82) is 0 Å². The molecule has 0 bridgehead atoms. The Morgan fingerprint density at radius 1 is 1.60 bits per heavy atom. The molecule has 1 aliphatic rings. The molecule has 0 aliphatic carbocycles. The van der Waals surface area contributed by atoms with Gasteiger partial charge in [0.1, 0.15) is 0 Å². The fraction of sp³-hybridized carbons (Fsp3) is 0.900. The maximum Gasteiger partial charge on any atom is 0.223 e. The van der Waals surface area contributed by atoms with Crippen molar-refractivity contribution in [3.05, 3.63) is 0 Å². The number of nitrogens with zero attached hydrogens (tertiary/aromatic N) is 1. The predicted molar refractivity (Wildman–Crippen MR) is 68.6 cm³/mol. The molecule has 1 heterocycles. The SMILES string of the molecule is CSCCC(=O)N1CCC(C)(CN)C1.Cl. The van der Waals surface area contributed by atoms with E-state index in [2.05, 4.69) is 6.92 Å². The van der Waals surface area contributed by atoms with Crippen molar-refractivity contribution in [3.8, 4) is 0 Å². The normalized spacial score (nSPS) is 25.1. The Labute approximate surface area is 103 Å². The molecule has 15 heavy (non-hydrogen) atoms. The first-order valence-corrected chi connectivity index (χ1v) is 6.47. The predicted octanol–water partition coefficient (Wildman–Crippen LogP) is 1.36. The molecule has 1 rings (SSSR count). The lowest BCUT2D eigenvalue weighted by Gasteiger charge is -2.22. The van der Waals surface area contributed by atoms with Gasteiger partial charge in [-0.25, -0.2) is 0 Å². The van der Waals surface area contributed by atoms with Gasteiger partial charge in [0.05, 0.1) is 0 Å². The van der Waals surface area contributed by atoms with Crippen molar-refractivity contribution < 1.29 is 4.79 Å². The maximum atomic E-state index is 11.7. The largest absolute Gasteiger partial charge is 0.342 e. The molecule has 1 amide bonds. The van der Waals surface area contributed by atoms with Gasteiger partial charge in [0.25, 0.3) is 0 Å². The van der Waals surface area contributed by atoms with Crippen LogP contribution in [-0.4, -0.2) is 42.4 Å². The van der Waals surface area contributed by atoms with Crippen molar-refractivity contribution in [2.24, 2.45) is 11.1 Å². The Bertz CT molecular complexity index is 216. The topological polar surface area (TPSA) is 46.3 Å². The molecule has 90 valence electrons. The lowest BCUT2D eigenvalue weighted by atomic mass is 9.90. The second-order valence-corrected chi connectivity index (χ2v) is 5.31. The summed E-state index contributed by atoms with van der Waals surface area (Å²) in [6, 6.07) is 0. The minimum Gasteiger partial charge on any atom is -0.342 e. The van der Waals surface area contributed by atoms with Gasteiger partial charge in [0, 0.05) is 25.3 Å². The van der Waals surface area contributed by atoms with Crippen molar-refractivity contribution in [3.63, 3.8) is 0 Å². The Morgan fingerprint density at radius 3 is 2.73 bits per heavy atom. The molecule has 1 aliphatic heterocycles. The second-order valence-electron chi connectivity index (χ2n) is 4.32. The number of amides is 1. The Hall–Kier alpha value is 0.0700. The van der Waals surface area contributed by atoms with E-state index in [-0.39, 0.29) is 23.7 Å². The Kier molecular flexibility index (Phi) is 6.64. The zero-order valence-corrected chi connectivity index (χ0v) is 11.1. The van der Waals surface area contributed by atoms with E-state index in [0.29, 0.717) is 13.0 Å². The number of carbonyl (C=O) groups is 1. The standard InChI is InChI=1S/C10H20N2OS.ClH/c1-10(7-11)4-5-12(8-10)9(13)3-6-14-2;/h3-8,11H2,1-2H3;1H. The van der Waals surface area contributed by atoms with Crippen LogP contribution in [0, 0.1) is 5.41 Å². The van der Waals surface area contributed by atoms with Crippen LogP contribution in [0.1, 0.15) is 19.8 Å². The molecule has 0 aromatic rings. The molecule has 0 radical (unpaired) electrons. The van der Waals surface area contributed by atoms with Crippen LogP contribution in [0.4, 0.5) is 0 Å². The minimum atomic E-state index is 0. The summed E-state index contributed by atoms with van der Waals surface area (Å²) in [5, 5.41) is 0. The van der Waals surface area contributed by atoms with E-state index in [1.165, 1.54) is 0 Å². The fourth-order valence-corrected chi connectivity index (χ4v) is 2.13. The van der Waals surface area contributed by atoms with E-state index in [4.69, 9.17) is 5.73 Å². The van der Waals surface area contributed by atoms with Gasteiger partial charge in [0.15, 0.2) is 0 Å². The first-order valence-electron chi connectivity index (χ1n) is 5.08. The van der Waals surface area contributed by atoms with Crippen molar-refractivity contribution in [2.45, 2.75) is 19.8 Å². The molecule has 3 nitrogen and oxygen atoms in total. The third-order valence-corrected chi connectivity index (χ3v) is 3.54. The molecule has 0 aromatic heterocycles. The van der Waals surface area contributed by atoms with Gasteiger partial charge >= 0.3 is 0 Å². The van der Waals surface area contributed by atoms with Crippen molar-refractivity contribution in [2.75, 3.05) is 31.6 Å². The van der Waals surface area contributed by atoms with Crippen LogP contribution in [-0.2, 0) is 4.79 Å². The highest BCUT2D eigenvalue weighted by molar-refractivity contribution is 7.98. The highest BCUT2D eigenvalue weighted by Crippen LogP contribution is 2.28. The van der Waals surface area contributed by atoms with E-state index < -0.39 is 0 Å². The molecule has 0 aromatic carbocycles. The smallest absolute Gasteiger partial charge is 0.223 e. The lowest BCUT2D eigenvalue weighted by molar-refractivity contribution is -0.130. The average Bonchev–Trinajstić information content (AvgIpc) is 2.58. The molecule has 1 saturated heterocycles. The highest BCUT2D eigenvalue weighted by atomic mass is 35.5. The molecule has 1 unspecified atom stereocenters. The van der Waals surface area contributed by atoms with Crippen LogP contribution in [0.5, 0.6) is 0 Å². The zero-order chi connectivity index (χ0) is 10.6. The lowest BCUT2D eigenvalue weighted by Crippen LogP contribution is -2.34. The van der Waals surface area contributed by atoms with E-state index in [9.17, 15) is 4.79 Å². The van der Waals surface area contributed by atoms with E-state index >= 15 is 0 Å². The number of hydrogen-bond donors (Lipinski definition) is 1. The van der Waals surface area contributed by atoms with E-state index in [1.54, 1.807) is 11.8 Å². The van der Waals surface area contributed by atoms with Crippen molar-refractivity contribution in [1.82, 2.24) is 4.90 Å². The van der Waals surface area contributed by atoms with Crippen LogP contribution < -0.4 is 5.73 Å². The number of likely N-dealkylation sites (tertiary alicyclic amines) is 1. The van der Waals surface area contributed by atoms with Crippen molar-refractivity contribution >= 4 is 30.1 Å². The van der Waals surface area contributed by atoms with Gasteiger partial charge in [-0.2, -0.15) is 11.8 Å². The maximum absolute atomic E-state index is 11.7. The number of nitrogens with two attached hydrogens (primary N) is 1. The second kappa shape index (κ2) is 6.61. The van der Waals surface area contributed by atoms with Crippen LogP contribution in [0.25, 0.3) is 0 Å².